The molecule has 8 heteroatoms. The number of hydrogen-bond acceptors (Lipinski definition) is 7. The smallest absolute Gasteiger partial charge is 0.303 e. The number of halogens is 1. The third kappa shape index (κ3) is 3.64. The fourth-order valence-electron chi connectivity index (χ4n) is 7.37. The molecule has 0 aromatic heterocycles. The quantitative estimate of drug-likeness (QED) is 0.446. The summed E-state index contributed by atoms with van der Waals surface area (Å²) >= 11 is 3.79. The van der Waals surface area contributed by atoms with Crippen molar-refractivity contribution in [3.63, 3.8) is 0 Å². The Morgan fingerprint density at radius 3 is 2.55 bits per heavy atom. The van der Waals surface area contributed by atoms with Crippen LogP contribution in [0.4, 0.5) is 0 Å². The first-order chi connectivity index (χ1) is 15.3. The van der Waals surface area contributed by atoms with Crippen LogP contribution in [0, 0.1) is 28.6 Å². The number of rotatable bonds is 4. The number of alkyl halides is 1. The van der Waals surface area contributed by atoms with Gasteiger partial charge < -0.3 is 14.6 Å². The molecule has 4 aliphatic carbocycles. The Labute approximate surface area is 202 Å². The van der Waals surface area contributed by atoms with Crippen molar-refractivity contribution in [2.24, 2.45) is 28.6 Å². The van der Waals surface area contributed by atoms with Crippen LogP contribution in [-0.2, 0) is 28.7 Å². The molecule has 4 rings (SSSR count). The van der Waals surface area contributed by atoms with Crippen LogP contribution in [0.15, 0.2) is 23.8 Å². The van der Waals surface area contributed by atoms with E-state index in [1.54, 1.807) is 12.2 Å². The third-order valence-corrected chi connectivity index (χ3v) is 9.66. The maximum absolute atomic E-state index is 13.1. The van der Waals surface area contributed by atoms with E-state index < -0.39 is 46.9 Å². The average molecular weight is 523 g/mol. The molecule has 0 aromatic carbocycles. The maximum atomic E-state index is 13.1. The largest absolute Gasteiger partial charge is 0.462 e. The molecule has 1 N–H and O–H groups in total. The molecule has 33 heavy (non-hydrogen) atoms. The first-order valence-corrected chi connectivity index (χ1v) is 12.4. The zero-order valence-corrected chi connectivity index (χ0v) is 21.0. The van der Waals surface area contributed by atoms with E-state index in [9.17, 15) is 24.3 Å². The van der Waals surface area contributed by atoms with E-state index in [1.807, 2.05) is 13.0 Å². The van der Waals surface area contributed by atoms with Gasteiger partial charge in [0.2, 0.25) is 5.78 Å². The summed E-state index contributed by atoms with van der Waals surface area (Å²) in [6, 6.07) is 0. The standard InChI is InChI=1S/C25H31BrO7/c1-13(27)32-12-21(30)25(31)8-6-17-16-10-19(26)18-9-15(29)5-7-23(18,3)22(16)20(33-14(2)28)11-24(17,25)4/h5,7,9,16-17,19-20,22,31H,6,8,10-12H2,1-4H3/t16-,17-,19-,20-,22+,23-,24-,25-/m0/s1. The summed E-state index contributed by atoms with van der Waals surface area (Å²) in [7, 11) is 0. The van der Waals surface area contributed by atoms with Gasteiger partial charge >= 0.3 is 11.9 Å². The first kappa shape index (κ1) is 24.3. The van der Waals surface area contributed by atoms with E-state index in [4.69, 9.17) is 9.47 Å². The monoisotopic (exact) mass is 522 g/mol. The van der Waals surface area contributed by atoms with Gasteiger partial charge in [-0.25, -0.2) is 0 Å². The van der Waals surface area contributed by atoms with Gasteiger partial charge in [0.1, 0.15) is 11.7 Å². The Bertz CT molecular complexity index is 970. The van der Waals surface area contributed by atoms with Crippen LogP contribution in [0.5, 0.6) is 0 Å². The second kappa shape index (κ2) is 8.15. The SMILES string of the molecule is CC(=O)OCC(=O)[C@@]1(O)CC[C@H]2[C@@H]3C[C@H](Br)C4=CC(=O)C=C[C@]4(C)[C@H]3[C@@H](OC(C)=O)C[C@@]21C. The van der Waals surface area contributed by atoms with E-state index in [-0.39, 0.29) is 34.8 Å². The number of carbonyl (C=O) groups is 4. The fourth-order valence-corrected chi connectivity index (χ4v) is 8.43. The Kier molecular flexibility index (Phi) is 6.01. The maximum Gasteiger partial charge on any atom is 0.303 e. The predicted molar refractivity (Wildman–Crippen MR) is 122 cm³/mol. The predicted octanol–water partition coefficient (Wildman–Crippen LogP) is 3.07. The van der Waals surface area contributed by atoms with Crippen LogP contribution in [0.3, 0.4) is 0 Å². The van der Waals surface area contributed by atoms with Gasteiger partial charge in [-0.3, -0.25) is 19.2 Å². The lowest BCUT2D eigenvalue weighted by Gasteiger charge is -2.60. The van der Waals surface area contributed by atoms with E-state index in [1.165, 1.54) is 13.8 Å². The van der Waals surface area contributed by atoms with Gasteiger partial charge in [0, 0.05) is 35.4 Å². The lowest BCUT2D eigenvalue weighted by atomic mass is 9.46. The molecule has 8 atom stereocenters. The molecule has 7 nitrogen and oxygen atoms in total. The number of aliphatic hydroxyl groups is 1. The number of hydrogen-bond donors (Lipinski definition) is 1. The van der Waals surface area contributed by atoms with Crippen molar-refractivity contribution in [1.82, 2.24) is 0 Å². The lowest BCUT2D eigenvalue weighted by molar-refractivity contribution is -0.192. The summed E-state index contributed by atoms with van der Waals surface area (Å²) in [6.07, 6.45) is 6.60. The van der Waals surface area contributed by atoms with Crippen molar-refractivity contribution < 1.29 is 33.8 Å². The van der Waals surface area contributed by atoms with Crippen LogP contribution in [-0.4, -0.2) is 51.8 Å². The van der Waals surface area contributed by atoms with E-state index in [0.29, 0.717) is 19.3 Å². The van der Waals surface area contributed by atoms with Crippen molar-refractivity contribution >= 4 is 39.4 Å². The van der Waals surface area contributed by atoms with Crippen LogP contribution in [0.25, 0.3) is 0 Å². The van der Waals surface area contributed by atoms with Crippen LogP contribution in [0.1, 0.15) is 53.4 Å². The van der Waals surface area contributed by atoms with Crippen molar-refractivity contribution in [3.05, 3.63) is 23.8 Å². The highest BCUT2D eigenvalue weighted by Crippen LogP contribution is 2.68. The lowest BCUT2D eigenvalue weighted by Crippen LogP contribution is -2.63. The van der Waals surface area contributed by atoms with Gasteiger partial charge in [-0.1, -0.05) is 35.9 Å². The number of ether oxygens (including phenoxy) is 2. The van der Waals surface area contributed by atoms with Crippen molar-refractivity contribution in [3.8, 4) is 0 Å². The summed E-state index contributed by atoms with van der Waals surface area (Å²) in [4.78, 5) is 48.6. The number of allylic oxidation sites excluding steroid dienone is 4. The molecule has 0 aliphatic heterocycles. The minimum absolute atomic E-state index is 0.00467. The second-order valence-electron chi connectivity index (χ2n) is 10.5. The Morgan fingerprint density at radius 2 is 1.91 bits per heavy atom. The van der Waals surface area contributed by atoms with Crippen molar-refractivity contribution in [2.45, 2.75) is 69.9 Å². The molecule has 0 radical (unpaired) electrons. The molecule has 180 valence electrons. The Morgan fingerprint density at radius 1 is 1.21 bits per heavy atom. The van der Waals surface area contributed by atoms with Crippen molar-refractivity contribution in [2.75, 3.05) is 6.61 Å². The summed E-state index contributed by atoms with van der Waals surface area (Å²) in [5.74, 6) is -1.59. The minimum atomic E-state index is -1.67. The normalized spacial score (nSPS) is 43.6. The summed E-state index contributed by atoms with van der Waals surface area (Å²) in [6.45, 7) is 6.10. The van der Waals surface area contributed by atoms with E-state index in [0.717, 1.165) is 5.57 Å². The minimum Gasteiger partial charge on any atom is -0.462 e. The third-order valence-electron chi connectivity index (χ3n) is 8.79. The van der Waals surface area contributed by atoms with E-state index >= 15 is 0 Å². The molecule has 4 aliphatic rings. The highest BCUT2D eigenvalue weighted by Gasteiger charge is 2.69. The summed E-state index contributed by atoms with van der Waals surface area (Å²) < 4.78 is 10.8. The molecule has 0 amide bonds. The van der Waals surface area contributed by atoms with Gasteiger partial charge in [0.05, 0.1) is 0 Å². The summed E-state index contributed by atoms with van der Waals surface area (Å²) in [5.41, 5.74) is -2.02. The number of Topliss-reactive ketones (excluding diaryl/α,β-unsaturated/α-hetero) is 1. The molecule has 0 heterocycles. The highest BCUT2D eigenvalue weighted by molar-refractivity contribution is 9.09. The molecule has 0 spiro atoms. The van der Waals surface area contributed by atoms with Gasteiger partial charge in [-0.05, 0) is 55.2 Å². The molecule has 3 saturated carbocycles. The highest BCUT2D eigenvalue weighted by atomic mass is 79.9. The zero-order valence-electron chi connectivity index (χ0n) is 19.4. The molecule has 0 bridgehead atoms. The Balaban J connectivity index is 1.77. The number of carbonyl (C=O) groups excluding carboxylic acids is 4. The zero-order chi connectivity index (χ0) is 24.3. The second-order valence-corrected chi connectivity index (χ2v) is 11.6. The van der Waals surface area contributed by atoms with Crippen molar-refractivity contribution in [1.29, 1.82) is 0 Å². The molecule has 0 aromatic rings. The summed E-state index contributed by atoms with van der Waals surface area (Å²) in [5, 5.41) is 11.7. The van der Waals surface area contributed by atoms with E-state index in [2.05, 4.69) is 22.9 Å². The first-order valence-electron chi connectivity index (χ1n) is 11.5. The van der Waals surface area contributed by atoms with Crippen LogP contribution >= 0.6 is 15.9 Å². The molecule has 0 saturated heterocycles. The average Bonchev–Trinajstić information content (AvgIpc) is 2.98. The molecular weight excluding hydrogens is 492 g/mol. The molecule has 3 fully saturated rings. The molecular formula is C25H31BrO7. The number of esters is 2. The Hall–Kier alpha value is -1.80. The number of fused-ring (bicyclic) bond motifs is 5. The van der Waals surface area contributed by atoms with Crippen LogP contribution < -0.4 is 0 Å². The van der Waals surface area contributed by atoms with Gasteiger partial charge in [-0.15, -0.1) is 0 Å². The fraction of sp³-hybridized carbons (Fsp3) is 0.680. The van der Waals surface area contributed by atoms with Gasteiger partial charge in [-0.2, -0.15) is 0 Å². The molecule has 0 unspecified atom stereocenters. The van der Waals surface area contributed by atoms with Crippen LogP contribution in [0.2, 0.25) is 0 Å². The topological polar surface area (TPSA) is 107 Å². The van der Waals surface area contributed by atoms with Gasteiger partial charge in [0.15, 0.2) is 12.4 Å². The number of ketones is 2. The van der Waals surface area contributed by atoms with Gasteiger partial charge in [0.25, 0.3) is 0 Å².